The lowest BCUT2D eigenvalue weighted by Gasteiger charge is -2.07. The Kier molecular flexibility index (Phi) is 3.60. The van der Waals surface area contributed by atoms with E-state index in [0.717, 1.165) is 11.2 Å². The maximum absolute atomic E-state index is 12.0. The second-order valence-corrected chi connectivity index (χ2v) is 4.99. The van der Waals surface area contributed by atoms with Gasteiger partial charge in [0.25, 0.3) is 0 Å². The van der Waals surface area contributed by atoms with Crippen LogP contribution in [0.3, 0.4) is 0 Å². The Labute approximate surface area is 123 Å². The van der Waals surface area contributed by atoms with E-state index >= 15 is 0 Å². The molecule has 0 saturated carbocycles. The van der Waals surface area contributed by atoms with Crippen molar-refractivity contribution in [3.63, 3.8) is 0 Å². The maximum Gasteiger partial charge on any atom is 0.226 e. The lowest BCUT2D eigenvalue weighted by Crippen LogP contribution is -2.14. The lowest BCUT2D eigenvalue weighted by atomic mass is 10.2. The fourth-order valence-corrected chi connectivity index (χ4v) is 2.40. The second kappa shape index (κ2) is 5.71. The molecule has 3 rings (SSSR count). The number of fused-ring (bicyclic) bond motifs is 1. The molecule has 1 amide bonds. The van der Waals surface area contributed by atoms with E-state index in [0.29, 0.717) is 18.7 Å². The lowest BCUT2D eigenvalue weighted by molar-refractivity contribution is -0.116. The number of anilines is 2. The Morgan fingerprint density at radius 2 is 1.95 bits per heavy atom. The van der Waals surface area contributed by atoms with Crippen molar-refractivity contribution in [1.29, 1.82) is 0 Å². The second-order valence-electron chi connectivity index (χ2n) is 4.99. The molecule has 0 aliphatic heterocycles. The van der Waals surface area contributed by atoms with Gasteiger partial charge < -0.3 is 15.6 Å². The molecule has 0 radical (unpaired) electrons. The molecular weight excluding hydrogens is 262 g/mol. The molecule has 0 aliphatic carbocycles. The number of nitrogens with one attached hydrogen (secondary N) is 1. The number of carbonyl (C=O) groups excluding carboxylic acids is 1. The fourth-order valence-electron chi connectivity index (χ4n) is 2.40. The van der Waals surface area contributed by atoms with Crippen LogP contribution in [-0.4, -0.2) is 10.5 Å². The van der Waals surface area contributed by atoms with E-state index in [1.807, 2.05) is 30.5 Å². The van der Waals surface area contributed by atoms with Crippen LogP contribution in [0.2, 0.25) is 0 Å². The van der Waals surface area contributed by atoms with Gasteiger partial charge in [0.05, 0.1) is 0 Å². The first-order valence-electron chi connectivity index (χ1n) is 6.92. The van der Waals surface area contributed by atoms with E-state index in [2.05, 4.69) is 28.1 Å². The Balaban J connectivity index is 1.63. The summed E-state index contributed by atoms with van der Waals surface area (Å²) in [6.45, 7) is 0.654. The zero-order valence-electron chi connectivity index (χ0n) is 11.6. The summed E-state index contributed by atoms with van der Waals surface area (Å²) in [6.07, 6.45) is 2.44. The number of aromatic nitrogens is 1. The number of amides is 1. The smallest absolute Gasteiger partial charge is 0.226 e. The van der Waals surface area contributed by atoms with Crippen LogP contribution in [-0.2, 0) is 11.3 Å². The molecule has 3 N–H and O–H groups in total. The van der Waals surface area contributed by atoms with Crippen LogP contribution >= 0.6 is 0 Å². The van der Waals surface area contributed by atoms with Crippen molar-refractivity contribution >= 4 is 28.2 Å². The molecule has 0 spiro atoms. The van der Waals surface area contributed by atoms with Gasteiger partial charge in [0.15, 0.2) is 0 Å². The average molecular weight is 279 g/mol. The summed E-state index contributed by atoms with van der Waals surface area (Å²) in [6, 6.07) is 17.4. The standard InChI is InChI=1S/C17H17N3O/c18-14-5-3-6-15(12-14)19-17(21)9-11-20-10-8-13-4-1-2-7-16(13)20/h1-8,10,12H,9,11,18H2,(H,19,21). The minimum Gasteiger partial charge on any atom is -0.399 e. The zero-order valence-corrected chi connectivity index (χ0v) is 11.6. The number of carbonyl (C=O) groups is 1. The molecule has 1 heterocycles. The summed E-state index contributed by atoms with van der Waals surface area (Å²) in [4.78, 5) is 12.0. The number of hydrogen-bond donors (Lipinski definition) is 2. The molecule has 2 aromatic carbocycles. The van der Waals surface area contributed by atoms with E-state index in [1.54, 1.807) is 12.1 Å². The van der Waals surface area contributed by atoms with Crippen molar-refractivity contribution in [1.82, 2.24) is 4.57 Å². The maximum atomic E-state index is 12.0. The van der Waals surface area contributed by atoms with Crippen LogP contribution in [0, 0.1) is 0 Å². The minimum absolute atomic E-state index is 0.0154. The van der Waals surface area contributed by atoms with Crippen LogP contribution in [0.1, 0.15) is 6.42 Å². The zero-order chi connectivity index (χ0) is 14.7. The van der Waals surface area contributed by atoms with Crippen molar-refractivity contribution in [2.24, 2.45) is 0 Å². The van der Waals surface area contributed by atoms with Crippen LogP contribution < -0.4 is 11.1 Å². The van der Waals surface area contributed by atoms with Gasteiger partial charge in [-0.3, -0.25) is 4.79 Å². The molecule has 4 heteroatoms. The molecule has 0 aliphatic rings. The van der Waals surface area contributed by atoms with Gasteiger partial charge in [-0.05, 0) is 35.7 Å². The van der Waals surface area contributed by atoms with E-state index in [1.165, 1.54) is 5.39 Å². The van der Waals surface area contributed by atoms with E-state index in [-0.39, 0.29) is 5.91 Å². The highest BCUT2D eigenvalue weighted by molar-refractivity contribution is 5.91. The third-order valence-corrected chi connectivity index (χ3v) is 3.43. The molecule has 0 bridgehead atoms. The largest absolute Gasteiger partial charge is 0.399 e. The SMILES string of the molecule is Nc1cccc(NC(=O)CCn2ccc3ccccc32)c1. The molecule has 3 aromatic rings. The van der Waals surface area contributed by atoms with Crippen molar-refractivity contribution in [2.75, 3.05) is 11.1 Å². The van der Waals surface area contributed by atoms with Crippen molar-refractivity contribution < 1.29 is 4.79 Å². The third kappa shape index (κ3) is 3.05. The predicted octanol–water partition coefficient (Wildman–Crippen LogP) is 3.25. The summed E-state index contributed by atoms with van der Waals surface area (Å²) in [5, 5.41) is 4.05. The Hall–Kier alpha value is -2.75. The van der Waals surface area contributed by atoms with Crippen molar-refractivity contribution in [3.05, 3.63) is 60.8 Å². The molecule has 0 fully saturated rings. The highest BCUT2D eigenvalue weighted by Crippen LogP contribution is 2.16. The number of nitrogens with two attached hydrogens (primary N) is 1. The normalized spacial score (nSPS) is 10.7. The molecular formula is C17H17N3O. The minimum atomic E-state index is -0.0154. The van der Waals surface area contributed by atoms with Crippen LogP contribution in [0.4, 0.5) is 11.4 Å². The van der Waals surface area contributed by atoms with Gasteiger partial charge in [-0.15, -0.1) is 0 Å². The summed E-state index contributed by atoms with van der Waals surface area (Å²) in [5.74, 6) is -0.0154. The molecule has 0 unspecified atom stereocenters. The van der Waals surface area contributed by atoms with Gasteiger partial charge in [-0.2, -0.15) is 0 Å². The Bertz CT molecular complexity index is 776. The van der Waals surface area contributed by atoms with Crippen LogP contribution in [0.5, 0.6) is 0 Å². The van der Waals surface area contributed by atoms with Gasteiger partial charge in [-0.1, -0.05) is 24.3 Å². The van der Waals surface area contributed by atoms with E-state index < -0.39 is 0 Å². The molecule has 4 nitrogen and oxygen atoms in total. The predicted molar refractivity (Wildman–Crippen MR) is 86.0 cm³/mol. The van der Waals surface area contributed by atoms with Crippen molar-refractivity contribution in [3.8, 4) is 0 Å². The Morgan fingerprint density at radius 3 is 2.81 bits per heavy atom. The number of benzene rings is 2. The highest BCUT2D eigenvalue weighted by atomic mass is 16.1. The molecule has 0 saturated heterocycles. The van der Waals surface area contributed by atoms with Gasteiger partial charge in [0.1, 0.15) is 0 Å². The molecule has 0 atom stereocenters. The first-order valence-corrected chi connectivity index (χ1v) is 6.92. The van der Waals surface area contributed by atoms with Gasteiger partial charge in [0, 0.05) is 36.1 Å². The number of aryl methyl sites for hydroxylation is 1. The molecule has 21 heavy (non-hydrogen) atoms. The van der Waals surface area contributed by atoms with Gasteiger partial charge in [-0.25, -0.2) is 0 Å². The topological polar surface area (TPSA) is 60.0 Å². The first-order chi connectivity index (χ1) is 10.2. The molecule has 1 aromatic heterocycles. The summed E-state index contributed by atoms with van der Waals surface area (Å²) in [7, 11) is 0. The summed E-state index contributed by atoms with van der Waals surface area (Å²) < 4.78 is 2.09. The summed E-state index contributed by atoms with van der Waals surface area (Å²) >= 11 is 0. The van der Waals surface area contributed by atoms with Crippen LogP contribution in [0.15, 0.2) is 60.8 Å². The number of nitrogens with zero attached hydrogens (tertiary/aromatic N) is 1. The van der Waals surface area contributed by atoms with Crippen LogP contribution in [0.25, 0.3) is 10.9 Å². The Morgan fingerprint density at radius 1 is 1.10 bits per heavy atom. The highest BCUT2D eigenvalue weighted by Gasteiger charge is 2.05. The number of para-hydroxylation sites is 1. The van der Waals surface area contributed by atoms with E-state index in [4.69, 9.17) is 5.73 Å². The van der Waals surface area contributed by atoms with Crippen molar-refractivity contribution in [2.45, 2.75) is 13.0 Å². The first kappa shape index (κ1) is 13.2. The summed E-state index contributed by atoms with van der Waals surface area (Å²) in [5.41, 5.74) is 8.22. The van der Waals surface area contributed by atoms with E-state index in [9.17, 15) is 4.79 Å². The fraction of sp³-hybridized carbons (Fsp3) is 0.118. The number of hydrogen-bond acceptors (Lipinski definition) is 2. The monoisotopic (exact) mass is 279 g/mol. The number of rotatable bonds is 4. The van der Waals surface area contributed by atoms with Gasteiger partial charge in [0.2, 0.25) is 5.91 Å². The third-order valence-electron chi connectivity index (χ3n) is 3.43. The average Bonchev–Trinajstić information content (AvgIpc) is 2.88. The van der Waals surface area contributed by atoms with Gasteiger partial charge >= 0.3 is 0 Å². The quantitative estimate of drug-likeness (QED) is 0.720. The molecule has 106 valence electrons. The number of nitrogen functional groups attached to an aromatic ring is 1.